The van der Waals surface area contributed by atoms with Gasteiger partial charge in [-0.25, -0.2) is 0 Å². The maximum Gasteiger partial charge on any atom is 0.0542 e. The molecule has 1 heteroatoms. The highest BCUT2D eigenvalue weighted by atomic mass is 16.3. The topological polar surface area (TPSA) is 20.2 Å². The van der Waals surface area contributed by atoms with Crippen LogP contribution in [-0.4, -0.2) is 11.2 Å². The average Bonchev–Trinajstić information content (AvgIpc) is 1.87. The summed E-state index contributed by atoms with van der Waals surface area (Å²) >= 11 is 0. The summed E-state index contributed by atoms with van der Waals surface area (Å²) < 4.78 is 0. The second-order valence-electron chi connectivity index (χ2n) is 3.79. The molecule has 68 valence electrons. The minimum Gasteiger partial charge on any atom is -0.393 e. The molecule has 2 atom stereocenters. The van der Waals surface area contributed by atoms with Gasteiger partial charge in [-0.1, -0.05) is 33.6 Å². The summed E-state index contributed by atoms with van der Waals surface area (Å²) in [5, 5.41) is 9.41. The van der Waals surface area contributed by atoms with Crippen molar-refractivity contribution in [2.75, 3.05) is 0 Å². The summed E-state index contributed by atoms with van der Waals surface area (Å²) in [6.45, 7) is 8.47. The van der Waals surface area contributed by atoms with E-state index in [-0.39, 0.29) is 6.10 Å². The van der Waals surface area contributed by atoms with Crippen LogP contribution in [0.5, 0.6) is 0 Å². The van der Waals surface area contributed by atoms with E-state index >= 15 is 0 Å². The highest BCUT2D eigenvalue weighted by Crippen LogP contribution is 2.21. The van der Waals surface area contributed by atoms with Crippen LogP contribution in [0, 0.1) is 11.8 Å². The molecule has 0 fully saturated rings. The zero-order valence-corrected chi connectivity index (χ0v) is 8.30. The molecule has 0 aromatic heterocycles. The maximum atomic E-state index is 9.41. The first-order valence-electron chi connectivity index (χ1n) is 4.77. The molecular formula is C10H22O. The SMILES string of the molecule is CCCC[C@@H](C(C)C)[C@H](C)O. The van der Waals surface area contributed by atoms with Crippen molar-refractivity contribution in [3.8, 4) is 0 Å². The summed E-state index contributed by atoms with van der Waals surface area (Å²) in [5.74, 6) is 1.11. The first-order valence-corrected chi connectivity index (χ1v) is 4.77. The van der Waals surface area contributed by atoms with E-state index in [1.807, 2.05) is 6.92 Å². The molecule has 0 saturated heterocycles. The second-order valence-corrected chi connectivity index (χ2v) is 3.79. The lowest BCUT2D eigenvalue weighted by Gasteiger charge is -2.23. The number of aliphatic hydroxyl groups is 1. The van der Waals surface area contributed by atoms with Crippen LogP contribution < -0.4 is 0 Å². The van der Waals surface area contributed by atoms with E-state index in [2.05, 4.69) is 20.8 Å². The zero-order valence-electron chi connectivity index (χ0n) is 8.30. The molecule has 0 radical (unpaired) electrons. The van der Waals surface area contributed by atoms with E-state index in [0.29, 0.717) is 11.8 Å². The molecule has 0 aromatic carbocycles. The summed E-state index contributed by atoms with van der Waals surface area (Å²) in [7, 11) is 0. The Bertz CT molecular complexity index is 78.9. The molecule has 0 aliphatic rings. The maximum absolute atomic E-state index is 9.41. The molecule has 11 heavy (non-hydrogen) atoms. The van der Waals surface area contributed by atoms with Gasteiger partial charge < -0.3 is 5.11 Å². The van der Waals surface area contributed by atoms with Crippen LogP contribution in [0.4, 0.5) is 0 Å². The van der Waals surface area contributed by atoms with E-state index in [1.54, 1.807) is 0 Å². The Morgan fingerprint density at radius 1 is 1.18 bits per heavy atom. The van der Waals surface area contributed by atoms with Gasteiger partial charge in [-0.05, 0) is 25.2 Å². The van der Waals surface area contributed by atoms with Gasteiger partial charge in [0.1, 0.15) is 0 Å². The fraction of sp³-hybridized carbons (Fsp3) is 1.00. The van der Waals surface area contributed by atoms with Crippen molar-refractivity contribution in [2.24, 2.45) is 11.8 Å². The van der Waals surface area contributed by atoms with Gasteiger partial charge in [0, 0.05) is 0 Å². The van der Waals surface area contributed by atoms with E-state index in [4.69, 9.17) is 0 Å². The van der Waals surface area contributed by atoms with E-state index in [9.17, 15) is 5.11 Å². The lowest BCUT2D eigenvalue weighted by molar-refractivity contribution is 0.0904. The molecule has 0 bridgehead atoms. The number of unbranched alkanes of at least 4 members (excludes halogenated alkanes) is 1. The lowest BCUT2D eigenvalue weighted by atomic mass is 9.87. The van der Waals surface area contributed by atoms with Crippen molar-refractivity contribution >= 4 is 0 Å². The van der Waals surface area contributed by atoms with Crippen LogP contribution in [0.3, 0.4) is 0 Å². The Morgan fingerprint density at radius 2 is 1.73 bits per heavy atom. The van der Waals surface area contributed by atoms with Crippen molar-refractivity contribution in [1.29, 1.82) is 0 Å². The van der Waals surface area contributed by atoms with Gasteiger partial charge in [-0.3, -0.25) is 0 Å². The van der Waals surface area contributed by atoms with Crippen LogP contribution in [0.1, 0.15) is 47.0 Å². The third-order valence-electron chi connectivity index (χ3n) is 2.37. The Morgan fingerprint density at radius 3 is 2.00 bits per heavy atom. The fourth-order valence-electron chi connectivity index (χ4n) is 1.57. The highest BCUT2D eigenvalue weighted by Gasteiger charge is 2.17. The molecule has 0 spiro atoms. The van der Waals surface area contributed by atoms with Crippen LogP contribution >= 0.6 is 0 Å². The molecule has 0 amide bonds. The molecular weight excluding hydrogens is 136 g/mol. The van der Waals surface area contributed by atoms with E-state index in [0.717, 1.165) is 0 Å². The van der Waals surface area contributed by atoms with E-state index < -0.39 is 0 Å². The Hall–Kier alpha value is -0.0400. The van der Waals surface area contributed by atoms with Gasteiger partial charge in [0.15, 0.2) is 0 Å². The molecule has 0 saturated carbocycles. The van der Waals surface area contributed by atoms with Crippen LogP contribution in [-0.2, 0) is 0 Å². The molecule has 0 aliphatic carbocycles. The molecule has 1 nitrogen and oxygen atoms in total. The third-order valence-corrected chi connectivity index (χ3v) is 2.37. The summed E-state index contributed by atoms with van der Waals surface area (Å²) in [6.07, 6.45) is 3.51. The quantitative estimate of drug-likeness (QED) is 0.652. The monoisotopic (exact) mass is 158 g/mol. The van der Waals surface area contributed by atoms with Crippen LogP contribution in [0.2, 0.25) is 0 Å². The number of hydrogen-bond acceptors (Lipinski definition) is 1. The summed E-state index contributed by atoms with van der Waals surface area (Å²) in [4.78, 5) is 0. The van der Waals surface area contributed by atoms with Gasteiger partial charge in [0.25, 0.3) is 0 Å². The van der Waals surface area contributed by atoms with Gasteiger partial charge >= 0.3 is 0 Å². The largest absolute Gasteiger partial charge is 0.393 e. The zero-order chi connectivity index (χ0) is 8.85. The van der Waals surface area contributed by atoms with Crippen molar-refractivity contribution in [2.45, 2.75) is 53.1 Å². The highest BCUT2D eigenvalue weighted by molar-refractivity contribution is 4.67. The summed E-state index contributed by atoms with van der Waals surface area (Å²) in [5.41, 5.74) is 0. The number of aliphatic hydroxyl groups excluding tert-OH is 1. The predicted octanol–water partition coefficient (Wildman–Crippen LogP) is 2.83. The first-order chi connectivity index (χ1) is 5.09. The Balaban J connectivity index is 3.70. The smallest absolute Gasteiger partial charge is 0.0542 e. The molecule has 0 heterocycles. The normalized spacial score (nSPS) is 16.9. The van der Waals surface area contributed by atoms with Crippen LogP contribution in [0.25, 0.3) is 0 Å². The minimum atomic E-state index is -0.137. The fourth-order valence-corrected chi connectivity index (χ4v) is 1.57. The number of hydrogen-bond donors (Lipinski definition) is 1. The van der Waals surface area contributed by atoms with Gasteiger partial charge in [0.05, 0.1) is 6.10 Å². The van der Waals surface area contributed by atoms with Crippen molar-refractivity contribution in [3.05, 3.63) is 0 Å². The first kappa shape index (κ1) is 11.0. The molecule has 0 aliphatic heterocycles. The third kappa shape index (κ3) is 4.41. The van der Waals surface area contributed by atoms with Gasteiger partial charge in [0.2, 0.25) is 0 Å². The number of rotatable bonds is 5. The summed E-state index contributed by atoms with van der Waals surface area (Å²) in [6, 6.07) is 0. The van der Waals surface area contributed by atoms with Crippen molar-refractivity contribution < 1.29 is 5.11 Å². The predicted molar refractivity (Wildman–Crippen MR) is 49.5 cm³/mol. The van der Waals surface area contributed by atoms with Crippen LogP contribution in [0.15, 0.2) is 0 Å². The standard InChI is InChI=1S/C10H22O/c1-5-6-7-10(8(2)3)9(4)11/h8-11H,5-7H2,1-4H3/t9-,10-/m0/s1. The van der Waals surface area contributed by atoms with Crippen molar-refractivity contribution in [1.82, 2.24) is 0 Å². The second kappa shape index (κ2) is 5.59. The molecule has 0 aromatic rings. The minimum absolute atomic E-state index is 0.137. The van der Waals surface area contributed by atoms with Gasteiger partial charge in [-0.15, -0.1) is 0 Å². The Labute approximate surface area is 70.8 Å². The Kier molecular flexibility index (Phi) is 5.57. The lowest BCUT2D eigenvalue weighted by Crippen LogP contribution is -2.22. The average molecular weight is 158 g/mol. The molecule has 0 unspecified atom stereocenters. The van der Waals surface area contributed by atoms with E-state index in [1.165, 1.54) is 19.3 Å². The van der Waals surface area contributed by atoms with Crippen molar-refractivity contribution in [3.63, 3.8) is 0 Å². The molecule has 0 rings (SSSR count). The van der Waals surface area contributed by atoms with Gasteiger partial charge in [-0.2, -0.15) is 0 Å². The molecule has 1 N–H and O–H groups in total.